The number of H-pyrrole nitrogens is 1. The Bertz CT molecular complexity index is 1420. The Hall–Kier alpha value is -3.58. The number of aromatic nitrogens is 4. The van der Waals surface area contributed by atoms with Gasteiger partial charge < -0.3 is 9.30 Å². The van der Waals surface area contributed by atoms with Crippen molar-refractivity contribution >= 4 is 22.8 Å². The van der Waals surface area contributed by atoms with Gasteiger partial charge in [-0.25, -0.2) is 9.78 Å². The van der Waals surface area contributed by atoms with Gasteiger partial charge in [-0.05, 0) is 43.2 Å². The lowest BCUT2D eigenvalue weighted by molar-refractivity contribution is 0.326. The monoisotopic (exact) mass is 480 g/mol. The zero-order valence-electron chi connectivity index (χ0n) is 19.9. The van der Waals surface area contributed by atoms with E-state index in [2.05, 4.69) is 11.6 Å². The number of ether oxygens (including phenoxy) is 1. The van der Waals surface area contributed by atoms with Crippen LogP contribution in [0.3, 0.4) is 0 Å². The van der Waals surface area contributed by atoms with Gasteiger partial charge in [0, 0.05) is 18.6 Å². The predicted molar refractivity (Wildman–Crippen MR) is 138 cm³/mol. The lowest BCUT2D eigenvalue weighted by Crippen LogP contribution is -2.29. The van der Waals surface area contributed by atoms with Gasteiger partial charge in [-0.15, -0.1) is 6.58 Å². The lowest BCUT2D eigenvalue weighted by Gasteiger charge is -2.14. The highest BCUT2D eigenvalue weighted by Crippen LogP contribution is 2.33. The standard InChI is InChI=1S/C24H23ClN4O3.C2H6/c1-4-5-12-32-19-11-6-15(2)13-18(19)21-26-22-20(23(30)27-24(31)28(22)3)29(21)14-16-7-9-17(25)10-8-16;1-2/h4,6-11,13H,1,5,12,14H2,2-3H3,(H,27,30,31);1-2H3. The second-order valence-corrected chi connectivity index (χ2v) is 8.00. The van der Waals surface area contributed by atoms with E-state index in [1.807, 2.05) is 55.7 Å². The smallest absolute Gasteiger partial charge is 0.329 e. The first-order chi connectivity index (χ1) is 16.4. The lowest BCUT2D eigenvalue weighted by atomic mass is 10.1. The first-order valence-corrected chi connectivity index (χ1v) is 11.6. The van der Waals surface area contributed by atoms with E-state index in [0.717, 1.165) is 16.7 Å². The van der Waals surface area contributed by atoms with Crippen LogP contribution in [0.15, 0.2) is 64.7 Å². The van der Waals surface area contributed by atoms with Gasteiger partial charge in [0.1, 0.15) is 11.6 Å². The normalized spacial score (nSPS) is 10.6. The fraction of sp³-hybridized carbons (Fsp3) is 0.269. The highest BCUT2D eigenvalue weighted by molar-refractivity contribution is 6.30. The molecule has 0 aliphatic heterocycles. The van der Waals surface area contributed by atoms with Crippen molar-refractivity contribution in [2.24, 2.45) is 7.05 Å². The minimum absolute atomic E-state index is 0.307. The van der Waals surface area contributed by atoms with E-state index in [1.54, 1.807) is 25.3 Å². The number of nitrogens with one attached hydrogen (secondary N) is 1. The molecule has 0 spiro atoms. The van der Waals surface area contributed by atoms with Gasteiger partial charge in [0.05, 0.1) is 12.2 Å². The highest BCUT2D eigenvalue weighted by Gasteiger charge is 2.21. The fourth-order valence-corrected chi connectivity index (χ4v) is 3.69. The topological polar surface area (TPSA) is 81.9 Å². The molecule has 178 valence electrons. The van der Waals surface area contributed by atoms with Gasteiger partial charge in [0.15, 0.2) is 11.2 Å². The summed E-state index contributed by atoms with van der Waals surface area (Å²) in [6.45, 7) is 10.5. The summed E-state index contributed by atoms with van der Waals surface area (Å²) in [5.41, 5.74) is 2.31. The number of aryl methyl sites for hydroxylation is 2. The zero-order chi connectivity index (χ0) is 24.8. The first kappa shape index (κ1) is 25.1. The number of nitrogens with zero attached hydrogens (tertiary/aromatic N) is 3. The first-order valence-electron chi connectivity index (χ1n) is 11.2. The van der Waals surface area contributed by atoms with Crippen LogP contribution in [-0.4, -0.2) is 25.7 Å². The largest absolute Gasteiger partial charge is 0.493 e. The quantitative estimate of drug-likeness (QED) is 0.295. The van der Waals surface area contributed by atoms with Crippen molar-refractivity contribution in [1.82, 2.24) is 19.1 Å². The Labute approximate surface area is 203 Å². The van der Waals surface area contributed by atoms with Crippen molar-refractivity contribution < 1.29 is 4.74 Å². The predicted octanol–water partition coefficient (Wildman–Crippen LogP) is 5.08. The molecule has 2 aromatic carbocycles. The van der Waals surface area contributed by atoms with Crippen molar-refractivity contribution in [2.75, 3.05) is 6.61 Å². The second kappa shape index (κ2) is 11.0. The van der Waals surface area contributed by atoms with Crippen molar-refractivity contribution in [1.29, 1.82) is 0 Å². The van der Waals surface area contributed by atoms with E-state index in [9.17, 15) is 9.59 Å². The van der Waals surface area contributed by atoms with Gasteiger partial charge in [-0.3, -0.25) is 14.3 Å². The summed E-state index contributed by atoms with van der Waals surface area (Å²) >= 11 is 6.04. The van der Waals surface area contributed by atoms with E-state index in [4.69, 9.17) is 21.3 Å². The molecule has 7 nitrogen and oxygen atoms in total. The maximum Gasteiger partial charge on any atom is 0.329 e. The minimum Gasteiger partial charge on any atom is -0.493 e. The molecular weight excluding hydrogens is 452 g/mol. The van der Waals surface area contributed by atoms with Crippen LogP contribution in [0.4, 0.5) is 0 Å². The molecule has 2 aromatic heterocycles. The number of halogens is 1. The molecule has 0 aliphatic carbocycles. The summed E-state index contributed by atoms with van der Waals surface area (Å²) in [6, 6.07) is 13.2. The van der Waals surface area contributed by atoms with Crippen LogP contribution in [-0.2, 0) is 13.6 Å². The number of fused-ring (bicyclic) bond motifs is 1. The van der Waals surface area contributed by atoms with Crippen LogP contribution >= 0.6 is 11.6 Å². The Morgan fingerprint density at radius 1 is 1.15 bits per heavy atom. The molecule has 0 atom stereocenters. The highest BCUT2D eigenvalue weighted by atomic mass is 35.5. The van der Waals surface area contributed by atoms with Gasteiger partial charge in [-0.1, -0.05) is 55.3 Å². The Morgan fingerprint density at radius 3 is 2.53 bits per heavy atom. The molecule has 0 bridgehead atoms. The van der Waals surface area contributed by atoms with Crippen LogP contribution < -0.4 is 16.0 Å². The molecule has 0 saturated heterocycles. The average Bonchev–Trinajstić information content (AvgIpc) is 3.21. The fourth-order valence-electron chi connectivity index (χ4n) is 3.56. The summed E-state index contributed by atoms with van der Waals surface area (Å²) in [7, 11) is 1.59. The maximum atomic E-state index is 12.8. The summed E-state index contributed by atoms with van der Waals surface area (Å²) in [6.07, 6.45) is 2.49. The summed E-state index contributed by atoms with van der Waals surface area (Å²) in [5, 5.41) is 0.626. The second-order valence-electron chi connectivity index (χ2n) is 7.56. The van der Waals surface area contributed by atoms with Crippen LogP contribution in [0.1, 0.15) is 31.4 Å². The maximum absolute atomic E-state index is 12.8. The molecule has 2 heterocycles. The Morgan fingerprint density at radius 2 is 1.85 bits per heavy atom. The van der Waals surface area contributed by atoms with Crippen molar-refractivity contribution in [3.63, 3.8) is 0 Å². The van der Waals surface area contributed by atoms with E-state index in [1.165, 1.54) is 4.57 Å². The number of hydrogen-bond donors (Lipinski definition) is 1. The van der Waals surface area contributed by atoms with Crippen LogP contribution in [0.2, 0.25) is 5.02 Å². The number of benzene rings is 2. The van der Waals surface area contributed by atoms with Crippen LogP contribution in [0, 0.1) is 6.92 Å². The third-order valence-electron chi connectivity index (χ3n) is 5.22. The van der Waals surface area contributed by atoms with Crippen molar-refractivity contribution in [2.45, 2.75) is 33.7 Å². The number of imidazole rings is 1. The molecular formula is C26H29ClN4O3. The van der Waals surface area contributed by atoms with Gasteiger partial charge >= 0.3 is 5.69 Å². The molecule has 8 heteroatoms. The molecule has 34 heavy (non-hydrogen) atoms. The van der Waals surface area contributed by atoms with Gasteiger partial charge in [-0.2, -0.15) is 0 Å². The van der Waals surface area contributed by atoms with Gasteiger partial charge in [0.2, 0.25) is 0 Å². The van der Waals surface area contributed by atoms with Crippen LogP contribution in [0.25, 0.3) is 22.6 Å². The summed E-state index contributed by atoms with van der Waals surface area (Å²) in [5.74, 6) is 1.19. The van der Waals surface area contributed by atoms with Crippen LogP contribution in [0.5, 0.6) is 5.75 Å². The molecule has 0 aliphatic rings. The molecule has 0 radical (unpaired) electrons. The van der Waals surface area contributed by atoms with E-state index < -0.39 is 11.2 Å². The minimum atomic E-state index is -0.517. The molecule has 0 amide bonds. The third-order valence-corrected chi connectivity index (χ3v) is 5.47. The van der Waals surface area contributed by atoms with E-state index in [0.29, 0.717) is 47.3 Å². The molecule has 0 saturated carbocycles. The summed E-state index contributed by atoms with van der Waals surface area (Å²) < 4.78 is 9.14. The summed E-state index contributed by atoms with van der Waals surface area (Å²) in [4.78, 5) is 32.1. The average molecular weight is 481 g/mol. The van der Waals surface area contributed by atoms with E-state index >= 15 is 0 Å². The molecule has 0 fully saturated rings. The van der Waals surface area contributed by atoms with Crippen molar-refractivity contribution in [3.8, 4) is 17.1 Å². The van der Waals surface area contributed by atoms with E-state index in [-0.39, 0.29) is 0 Å². The number of rotatable bonds is 7. The Balaban J connectivity index is 0.00000158. The molecule has 1 N–H and O–H groups in total. The number of hydrogen-bond acceptors (Lipinski definition) is 4. The van der Waals surface area contributed by atoms with Gasteiger partial charge in [0.25, 0.3) is 5.56 Å². The molecule has 4 rings (SSSR count). The molecule has 0 unspecified atom stereocenters. The SMILES string of the molecule is C=CCCOc1ccc(C)cc1-c1nc2c(c(=O)[nH]c(=O)n2C)n1Cc1ccc(Cl)cc1.CC. The zero-order valence-corrected chi connectivity index (χ0v) is 20.6. The number of aromatic amines is 1. The molecule has 4 aromatic rings. The Kier molecular flexibility index (Phi) is 8.12. The third kappa shape index (κ3) is 5.15. The van der Waals surface area contributed by atoms with Crippen molar-refractivity contribution in [3.05, 3.63) is 92.1 Å².